The molecule has 0 radical (unpaired) electrons. The van der Waals surface area contributed by atoms with Crippen molar-refractivity contribution in [3.05, 3.63) is 51.5 Å². The average molecular weight is 260 g/mol. The largest absolute Gasteiger partial charge is 0.317 e. The number of hydrogen-bond acceptors (Lipinski definition) is 3. The molecular formula is C15H20N2S. The highest BCUT2D eigenvalue weighted by atomic mass is 32.1. The Morgan fingerprint density at radius 3 is 2.83 bits per heavy atom. The summed E-state index contributed by atoms with van der Waals surface area (Å²) >= 11 is 1.77. The summed E-state index contributed by atoms with van der Waals surface area (Å²) in [4.78, 5) is 4.71. The topological polar surface area (TPSA) is 24.9 Å². The van der Waals surface area contributed by atoms with Gasteiger partial charge in [-0.2, -0.15) is 0 Å². The average Bonchev–Trinajstić information content (AvgIpc) is 2.79. The molecule has 2 nitrogen and oxygen atoms in total. The van der Waals surface area contributed by atoms with E-state index in [1.807, 2.05) is 7.05 Å². The molecule has 18 heavy (non-hydrogen) atoms. The van der Waals surface area contributed by atoms with Crippen LogP contribution in [0.25, 0.3) is 0 Å². The Kier molecular flexibility index (Phi) is 4.50. The van der Waals surface area contributed by atoms with Gasteiger partial charge in [-0.05, 0) is 32.0 Å². The molecule has 1 N–H and O–H groups in total. The summed E-state index contributed by atoms with van der Waals surface area (Å²) < 4.78 is 0. The lowest BCUT2D eigenvalue weighted by Gasteiger charge is -2.06. The zero-order chi connectivity index (χ0) is 13.0. The van der Waals surface area contributed by atoms with Gasteiger partial charge in [0, 0.05) is 24.3 Å². The SMILES string of the molecule is CNC(C)Cc1csc(Cc2ccccc2C)n1. The van der Waals surface area contributed by atoms with E-state index in [1.165, 1.54) is 21.8 Å². The first-order valence-electron chi connectivity index (χ1n) is 6.34. The molecule has 1 aromatic carbocycles. The fraction of sp³-hybridized carbons (Fsp3) is 0.400. The number of aryl methyl sites for hydroxylation is 1. The van der Waals surface area contributed by atoms with Crippen LogP contribution in [0.5, 0.6) is 0 Å². The molecule has 0 fully saturated rings. The number of benzene rings is 1. The molecule has 0 amide bonds. The fourth-order valence-corrected chi connectivity index (χ4v) is 2.74. The maximum atomic E-state index is 4.71. The number of rotatable bonds is 5. The van der Waals surface area contributed by atoms with E-state index in [1.54, 1.807) is 11.3 Å². The summed E-state index contributed by atoms with van der Waals surface area (Å²) in [6, 6.07) is 9.01. The highest BCUT2D eigenvalue weighted by Crippen LogP contribution is 2.18. The van der Waals surface area contributed by atoms with Gasteiger partial charge in [0.2, 0.25) is 0 Å². The van der Waals surface area contributed by atoms with Crippen molar-refractivity contribution in [1.29, 1.82) is 0 Å². The Bertz CT molecular complexity index is 505. The maximum Gasteiger partial charge on any atom is 0.0972 e. The standard InChI is InChI=1S/C15H20N2S/c1-11-6-4-5-7-13(11)9-15-17-14(10-18-15)8-12(2)16-3/h4-7,10,12,16H,8-9H2,1-3H3. The van der Waals surface area contributed by atoms with E-state index < -0.39 is 0 Å². The number of likely N-dealkylation sites (N-methyl/N-ethyl adjacent to an activating group) is 1. The number of thiazole rings is 1. The van der Waals surface area contributed by atoms with Crippen LogP contribution < -0.4 is 5.32 Å². The van der Waals surface area contributed by atoms with E-state index in [4.69, 9.17) is 4.98 Å². The summed E-state index contributed by atoms with van der Waals surface area (Å²) in [6.45, 7) is 4.34. The molecule has 0 aliphatic rings. The highest BCUT2D eigenvalue weighted by Gasteiger charge is 2.07. The lowest BCUT2D eigenvalue weighted by molar-refractivity contribution is 0.601. The third kappa shape index (κ3) is 3.40. The Balaban J connectivity index is 2.05. The van der Waals surface area contributed by atoms with Gasteiger partial charge < -0.3 is 5.32 Å². The molecule has 3 heteroatoms. The molecule has 2 rings (SSSR count). The second-order valence-electron chi connectivity index (χ2n) is 4.73. The van der Waals surface area contributed by atoms with Crippen molar-refractivity contribution in [3.8, 4) is 0 Å². The fourth-order valence-electron chi connectivity index (χ4n) is 1.91. The third-order valence-corrected chi connectivity index (χ3v) is 4.11. The molecule has 0 aliphatic carbocycles. The quantitative estimate of drug-likeness (QED) is 0.893. The first kappa shape index (κ1) is 13.2. The minimum Gasteiger partial charge on any atom is -0.317 e. The second-order valence-corrected chi connectivity index (χ2v) is 5.67. The van der Waals surface area contributed by atoms with E-state index in [-0.39, 0.29) is 0 Å². The van der Waals surface area contributed by atoms with Crippen molar-refractivity contribution in [2.75, 3.05) is 7.05 Å². The second kappa shape index (κ2) is 6.12. The van der Waals surface area contributed by atoms with Gasteiger partial charge in [0.15, 0.2) is 0 Å². The molecule has 0 bridgehead atoms. The monoisotopic (exact) mass is 260 g/mol. The van der Waals surface area contributed by atoms with Crippen LogP contribution in [0.3, 0.4) is 0 Å². The molecule has 96 valence electrons. The van der Waals surface area contributed by atoms with Crippen LogP contribution in [0, 0.1) is 6.92 Å². The van der Waals surface area contributed by atoms with Crippen LogP contribution in [0.2, 0.25) is 0 Å². The van der Waals surface area contributed by atoms with Gasteiger partial charge in [0.05, 0.1) is 10.7 Å². The van der Waals surface area contributed by atoms with Gasteiger partial charge in [0.1, 0.15) is 0 Å². The van der Waals surface area contributed by atoms with Crippen molar-refractivity contribution in [2.24, 2.45) is 0 Å². The van der Waals surface area contributed by atoms with Gasteiger partial charge in [-0.1, -0.05) is 24.3 Å². The zero-order valence-corrected chi connectivity index (χ0v) is 12.1. The minimum atomic E-state index is 0.485. The van der Waals surface area contributed by atoms with Gasteiger partial charge in [-0.25, -0.2) is 4.98 Å². The van der Waals surface area contributed by atoms with Crippen molar-refractivity contribution < 1.29 is 0 Å². The zero-order valence-electron chi connectivity index (χ0n) is 11.2. The maximum absolute atomic E-state index is 4.71. The van der Waals surface area contributed by atoms with E-state index in [2.05, 4.69) is 48.8 Å². The van der Waals surface area contributed by atoms with Crippen LogP contribution in [0.1, 0.15) is 28.8 Å². The first-order chi connectivity index (χ1) is 8.69. The lowest BCUT2D eigenvalue weighted by atomic mass is 10.1. The Morgan fingerprint density at radius 2 is 2.11 bits per heavy atom. The third-order valence-electron chi connectivity index (χ3n) is 3.21. The van der Waals surface area contributed by atoms with Crippen LogP contribution in [0.4, 0.5) is 0 Å². The smallest absolute Gasteiger partial charge is 0.0972 e. The summed E-state index contributed by atoms with van der Waals surface area (Å²) in [5.41, 5.74) is 3.92. The summed E-state index contributed by atoms with van der Waals surface area (Å²) in [7, 11) is 1.99. The van der Waals surface area contributed by atoms with Crippen LogP contribution in [0.15, 0.2) is 29.6 Å². The molecule has 1 atom stereocenters. The van der Waals surface area contributed by atoms with E-state index in [0.29, 0.717) is 6.04 Å². The summed E-state index contributed by atoms with van der Waals surface area (Å²) in [5.74, 6) is 0. The van der Waals surface area contributed by atoms with Crippen LogP contribution in [-0.2, 0) is 12.8 Å². The van der Waals surface area contributed by atoms with E-state index >= 15 is 0 Å². The van der Waals surface area contributed by atoms with Gasteiger partial charge in [0.25, 0.3) is 0 Å². The predicted octanol–water partition coefficient (Wildman–Crippen LogP) is 3.19. The van der Waals surface area contributed by atoms with Crippen LogP contribution >= 0.6 is 11.3 Å². The number of aromatic nitrogens is 1. The van der Waals surface area contributed by atoms with Gasteiger partial charge >= 0.3 is 0 Å². The van der Waals surface area contributed by atoms with E-state index in [0.717, 1.165) is 12.8 Å². The van der Waals surface area contributed by atoms with Crippen LogP contribution in [-0.4, -0.2) is 18.1 Å². The number of nitrogens with one attached hydrogen (secondary N) is 1. The minimum absolute atomic E-state index is 0.485. The Morgan fingerprint density at radius 1 is 1.33 bits per heavy atom. The molecule has 1 heterocycles. The Hall–Kier alpha value is -1.19. The summed E-state index contributed by atoms with van der Waals surface area (Å²) in [5, 5.41) is 6.64. The molecular weight excluding hydrogens is 240 g/mol. The first-order valence-corrected chi connectivity index (χ1v) is 7.22. The normalized spacial score (nSPS) is 12.6. The predicted molar refractivity (Wildman–Crippen MR) is 78.3 cm³/mol. The Labute approximate surface area is 113 Å². The van der Waals surface area contributed by atoms with Crippen molar-refractivity contribution in [2.45, 2.75) is 32.7 Å². The lowest BCUT2D eigenvalue weighted by Crippen LogP contribution is -2.23. The van der Waals surface area contributed by atoms with Crippen molar-refractivity contribution in [3.63, 3.8) is 0 Å². The summed E-state index contributed by atoms with van der Waals surface area (Å²) in [6.07, 6.45) is 1.95. The number of nitrogens with zero attached hydrogens (tertiary/aromatic N) is 1. The van der Waals surface area contributed by atoms with E-state index in [9.17, 15) is 0 Å². The van der Waals surface area contributed by atoms with Crippen molar-refractivity contribution >= 4 is 11.3 Å². The number of hydrogen-bond donors (Lipinski definition) is 1. The molecule has 1 aromatic heterocycles. The molecule has 0 aliphatic heterocycles. The molecule has 0 spiro atoms. The molecule has 1 unspecified atom stereocenters. The molecule has 0 saturated heterocycles. The molecule has 0 saturated carbocycles. The molecule has 2 aromatic rings. The highest BCUT2D eigenvalue weighted by molar-refractivity contribution is 7.09. The van der Waals surface area contributed by atoms with Crippen molar-refractivity contribution in [1.82, 2.24) is 10.3 Å². The van der Waals surface area contributed by atoms with Gasteiger partial charge in [-0.15, -0.1) is 11.3 Å². The van der Waals surface area contributed by atoms with Gasteiger partial charge in [-0.3, -0.25) is 0 Å².